The van der Waals surface area contributed by atoms with Crippen LogP contribution in [0.4, 0.5) is 0 Å². The van der Waals surface area contributed by atoms with E-state index in [9.17, 15) is 4.79 Å². The van der Waals surface area contributed by atoms with E-state index >= 15 is 0 Å². The van der Waals surface area contributed by atoms with Crippen LogP contribution in [0, 0.1) is 11.8 Å². The number of benzene rings is 2. The Balaban J connectivity index is 1.89. The predicted molar refractivity (Wildman–Crippen MR) is 113 cm³/mol. The molecule has 2 aromatic carbocycles. The minimum absolute atomic E-state index is 0.0669. The second-order valence-electron chi connectivity index (χ2n) is 8.07. The van der Waals surface area contributed by atoms with Crippen LogP contribution in [0.5, 0.6) is 0 Å². The lowest BCUT2D eigenvalue weighted by atomic mass is 9.81. The number of carbonyl (C=O) groups is 1. The van der Waals surface area contributed by atoms with Crippen LogP contribution in [-0.4, -0.2) is 25.0 Å². The van der Waals surface area contributed by atoms with Gasteiger partial charge in [-0.05, 0) is 31.1 Å². The Bertz CT molecular complexity index is 947. The van der Waals surface area contributed by atoms with Crippen molar-refractivity contribution in [3.63, 3.8) is 0 Å². The second-order valence-corrected chi connectivity index (χ2v) is 8.07. The highest BCUT2D eigenvalue weighted by molar-refractivity contribution is 5.86. The lowest BCUT2D eigenvalue weighted by Gasteiger charge is -2.41. The fraction of sp³-hybridized carbons (Fsp3) is 0.320. The minimum Gasteiger partial charge on any atom is -0.500 e. The smallest absolute Gasteiger partial charge is 0.235 e. The molecule has 4 nitrogen and oxygen atoms in total. The Morgan fingerprint density at radius 2 is 1.52 bits per heavy atom. The van der Waals surface area contributed by atoms with Crippen molar-refractivity contribution in [2.75, 3.05) is 14.2 Å². The zero-order valence-corrected chi connectivity index (χ0v) is 17.3. The zero-order valence-electron chi connectivity index (χ0n) is 17.3. The van der Waals surface area contributed by atoms with Gasteiger partial charge < -0.3 is 14.4 Å². The molecular weight excluding hydrogens is 362 g/mol. The SMILES string of the molecule is COC1=C[C@@H]2[C@@H](C(=O)N(C(C)(C)c3ccccc3)[C@H]2c2ccccc2)C(OC)=C1. The summed E-state index contributed by atoms with van der Waals surface area (Å²) < 4.78 is 11.2. The van der Waals surface area contributed by atoms with E-state index in [0.717, 1.165) is 16.9 Å². The maximum atomic E-state index is 13.8. The van der Waals surface area contributed by atoms with Gasteiger partial charge in [0.1, 0.15) is 17.4 Å². The Morgan fingerprint density at radius 1 is 0.897 bits per heavy atom. The fourth-order valence-corrected chi connectivity index (χ4v) is 4.72. The van der Waals surface area contributed by atoms with E-state index in [0.29, 0.717) is 5.76 Å². The first-order valence-corrected chi connectivity index (χ1v) is 9.94. The van der Waals surface area contributed by atoms with Gasteiger partial charge in [0.15, 0.2) is 0 Å². The molecule has 1 saturated heterocycles. The maximum Gasteiger partial charge on any atom is 0.235 e. The number of fused-ring (bicyclic) bond motifs is 1. The summed E-state index contributed by atoms with van der Waals surface area (Å²) in [5.41, 5.74) is 1.73. The summed E-state index contributed by atoms with van der Waals surface area (Å²) in [6.45, 7) is 4.23. The molecule has 0 spiro atoms. The molecule has 1 aliphatic heterocycles. The number of nitrogens with zero attached hydrogens (tertiary/aromatic N) is 1. The zero-order chi connectivity index (χ0) is 20.6. The molecular formula is C25H27NO3. The van der Waals surface area contributed by atoms with Gasteiger partial charge in [-0.25, -0.2) is 0 Å². The van der Waals surface area contributed by atoms with Crippen LogP contribution in [0.2, 0.25) is 0 Å². The molecule has 0 N–H and O–H groups in total. The van der Waals surface area contributed by atoms with Crippen LogP contribution in [-0.2, 0) is 19.8 Å². The molecule has 1 amide bonds. The Morgan fingerprint density at radius 3 is 2.10 bits per heavy atom. The minimum atomic E-state index is -0.490. The molecule has 1 aliphatic carbocycles. The average Bonchev–Trinajstić information content (AvgIpc) is 3.07. The fourth-order valence-electron chi connectivity index (χ4n) is 4.72. The van der Waals surface area contributed by atoms with Gasteiger partial charge in [0.05, 0.1) is 25.8 Å². The van der Waals surface area contributed by atoms with Crippen molar-refractivity contribution in [1.82, 2.24) is 4.90 Å². The normalized spacial score (nSPS) is 23.9. The predicted octanol–water partition coefficient (Wildman–Crippen LogP) is 4.81. The van der Waals surface area contributed by atoms with Gasteiger partial charge >= 0.3 is 0 Å². The molecule has 0 unspecified atom stereocenters. The van der Waals surface area contributed by atoms with Gasteiger partial charge in [0.25, 0.3) is 0 Å². The summed E-state index contributed by atoms with van der Waals surface area (Å²) >= 11 is 0. The molecule has 2 aromatic rings. The van der Waals surface area contributed by atoms with Gasteiger partial charge in [0.2, 0.25) is 5.91 Å². The highest BCUT2D eigenvalue weighted by atomic mass is 16.5. The highest BCUT2D eigenvalue weighted by Gasteiger charge is 2.55. The van der Waals surface area contributed by atoms with Crippen LogP contribution in [0.1, 0.15) is 31.0 Å². The van der Waals surface area contributed by atoms with Gasteiger partial charge in [0, 0.05) is 12.0 Å². The van der Waals surface area contributed by atoms with E-state index in [1.54, 1.807) is 14.2 Å². The van der Waals surface area contributed by atoms with Crippen LogP contribution in [0.3, 0.4) is 0 Å². The first-order chi connectivity index (χ1) is 14.0. The topological polar surface area (TPSA) is 38.8 Å². The Kier molecular flexibility index (Phi) is 4.95. The summed E-state index contributed by atoms with van der Waals surface area (Å²) in [4.78, 5) is 15.9. The quantitative estimate of drug-likeness (QED) is 0.736. The van der Waals surface area contributed by atoms with Crippen molar-refractivity contribution in [3.05, 3.63) is 95.5 Å². The summed E-state index contributed by atoms with van der Waals surface area (Å²) in [6, 6.07) is 20.3. The van der Waals surface area contributed by atoms with Crippen LogP contribution in [0.15, 0.2) is 84.3 Å². The molecule has 2 aliphatic rings. The number of likely N-dealkylation sites (tertiary alicyclic amines) is 1. The van der Waals surface area contributed by atoms with Crippen molar-refractivity contribution in [2.24, 2.45) is 11.8 Å². The molecule has 150 valence electrons. The highest BCUT2D eigenvalue weighted by Crippen LogP contribution is 2.52. The van der Waals surface area contributed by atoms with Crippen LogP contribution < -0.4 is 0 Å². The number of hydrogen-bond donors (Lipinski definition) is 0. The molecule has 1 fully saturated rings. The maximum absolute atomic E-state index is 13.8. The third-order valence-electron chi connectivity index (χ3n) is 6.17. The average molecular weight is 389 g/mol. The molecule has 0 saturated carbocycles. The van der Waals surface area contributed by atoms with E-state index in [-0.39, 0.29) is 23.8 Å². The lowest BCUT2D eigenvalue weighted by Crippen LogP contribution is -2.45. The third kappa shape index (κ3) is 3.13. The number of methoxy groups -OCH3 is 2. The number of carbonyl (C=O) groups excluding carboxylic acids is 1. The summed E-state index contributed by atoms with van der Waals surface area (Å²) in [5.74, 6) is 1.05. The lowest BCUT2D eigenvalue weighted by molar-refractivity contribution is -0.137. The number of allylic oxidation sites excluding steroid dienone is 1. The van der Waals surface area contributed by atoms with E-state index in [2.05, 4.69) is 44.2 Å². The van der Waals surface area contributed by atoms with Crippen LogP contribution >= 0.6 is 0 Å². The van der Waals surface area contributed by atoms with Gasteiger partial charge in [-0.15, -0.1) is 0 Å². The number of hydrogen-bond acceptors (Lipinski definition) is 3. The molecule has 29 heavy (non-hydrogen) atoms. The molecule has 4 rings (SSSR count). The van der Waals surface area contributed by atoms with Crippen LogP contribution in [0.25, 0.3) is 0 Å². The summed E-state index contributed by atoms with van der Waals surface area (Å²) in [6.07, 6.45) is 3.91. The van der Waals surface area contributed by atoms with Crippen molar-refractivity contribution < 1.29 is 14.3 Å². The van der Waals surface area contributed by atoms with E-state index in [4.69, 9.17) is 9.47 Å². The first kappa shape index (κ1) is 19.3. The van der Waals surface area contributed by atoms with Crippen molar-refractivity contribution >= 4 is 5.91 Å². The first-order valence-electron chi connectivity index (χ1n) is 9.94. The Labute approximate surface area is 172 Å². The number of rotatable bonds is 5. The van der Waals surface area contributed by atoms with E-state index < -0.39 is 5.54 Å². The molecule has 0 radical (unpaired) electrons. The van der Waals surface area contributed by atoms with Gasteiger partial charge in [-0.3, -0.25) is 4.79 Å². The van der Waals surface area contributed by atoms with Crippen molar-refractivity contribution in [3.8, 4) is 0 Å². The standard InChI is InChI=1S/C25H27NO3/c1-25(2,18-13-9-6-10-14-18)26-23(17-11-7-5-8-12-17)20-15-19(28-3)16-21(29-4)22(20)24(26)27/h5-16,20,22-23H,1-4H3/t20-,22-,23+/m1/s1. The largest absolute Gasteiger partial charge is 0.500 e. The number of amides is 1. The van der Waals surface area contributed by atoms with Crippen molar-refractivity contribution in [2.45, 2.75) is 25.4 Å². The van der Waals surface area contributed by atoms with Gasteiger partial charge in [-0.1, -0.05) is 60.7 Å². The summed E-state index contributed by atoms with van der Waals surface area (Å²) in [5, 5.41) is 0. The van der Waals surface area contributed by atoms with E-state index in [1.807, 2.05) is 47.4 Å². The monoisotopic (exact) mass is 389 g/mol. The molecule has 1 heterocycles. The molecule has 3 atom stereocenters. The van der Waals surface area contributed by atoms with E-state index in [1.165, 1.54) is 0 Å². The van der Waals surface area contributed by atoms with Crippen molar-refractivity contribution in [1.29, 1.82) is 0 Å². The number of ether oxygens (including phenoxy) is 2. The molecule has 0 bridgehead atoms. The third-order valence-corrected chi connectivity index (χ3v) is 6.17. The molecule has 0 aromatic heterocycles. The van der Waals surface area contributed by atoms with Gasteiger partial charge in [-0.2, -0.15) is 0 Å². The summed E-state index contributed by atoms with van der Waals surface area (Å²) in [7, 11) is 3.27. The Hall–Kier alpha value is -3.01. The second kappa shape index (κ2) is 7.43. The molecule has 4 heteroatoms.